The number of urea groups is 1. The molecule has 2 N–H and O–H groups in total. The van der Waals surface area contributed by atoms with Crippen molar-refractivity contribution in [3.05, 3.63) is 46.5 Å². The van der Waals surface area contributed by atoms with Crippen molar-refractivity contribution in [1.29, 1.82) is 5.26 Å². The highest BCUT2D eigenvalue weighted by Gasteiger charge is 2.23. The number of hydrogen-bond donors (Lipinski definition) is 2. The van der Waals surface area contributed by atoms with Gasteiger partial charge in [0.2, 0.25) is 5.88 Å². The number of nitrogens with zero attached hydrogens (tertiary/aromatic N) is 5. The number of fused-ring (bicyclic) bond motifs is 1. The molecule has 11 heteroatoms. The van der Waals surface area contributed by atoms with Gasteiger partial charge in [0.15, 0.2) is 5.13 Å². The van der Waals surface area contributed by atoms with E-state index in [1.807, 2.05) is 0 Å². The average molecular weight is 437 g/mol. The van der Waals surface area contributed by atoms with Crippen LogP contribution in [-0.2, 0) is 13.0 Å². The monoisotopic (exact) mass is 437 g/mol. The maximum Gasteiger partial charge on any atom is 0.325 e. The molecule has 2 aromatic heterocycles. The van der Waals surface area contributed by atoms with Crippen molar-refractivity contribution in [2.24, 2.45) is 0 Å². The van der Waals surface area contributed by atoms with Gasteiger partial charge in [-0.3, -0.25) is 5.32 Å². The maximum absolute atomic E-state index is 12.4. The van der Waals surface area contributed by atoms with Crippen LogP contribution in [0.15, 0.2) is 30.3 Å². The highest BCUT2D eigenvalue weighted by atomic mass is 32.1. The lowest BCUT2D eigenvalue weighted by atomic mass is 10.2. The second-order valence-corrected chi connectivity index (χ2v) is 7.64. The number of carbonyl (C=O) groups is 1. The second-order valence-electron chi connectivity index (χ2n) is 6.55. The van der Waals surface area contributed by atoms with Crippen molar-refractivity contribution in [3.8, 4) is 18.0 Å². The predicted molar refractivity (Wildman–Crippen MR) is 116 cm³/mol. The maximum atomic E-state index is 12.4. The van der Waals surface area contributed by atoms with E-state index in [0.717, 1.165) is 10.6 Å². The van der Waals surface area contributed by atoms with E-state index >= 15 is 0 Å². The fraction of sp³-hybridized carbons (Fsp3) is 0.250. The van der Waals surface area contributed by atoms with Crippen LogP contribution in [0.2, 0.25) is 0 Å². The summed E-state index contributed by atoms with van der Waals surface area (Å²) in [7, 11) is 3.05. The van der Waals surface area contributed by atoms with E-state index in [1.165, 1.54) is 18.4 Å². The summed E-state index contributed by atoms with van der Waals surface area (Å²) in [5.41, 5.74) is 1.78. The molecule has 0 radical (unpaired) electrons. The topological polar surface area (TPSA) is 125 Å². The molecule has 2 amide bonds. The number of methoxy groups -OCH3 is 2. The molecule has 3 heterocycles. The van der Waals surface area contributed by atoms with Crippen molar-refractivity contribution < 1.29 is 14.3 Å². The molecular formula is C20H19N7O3S. The first-order chi connectivity index (χ1) is 15.1. The second kappa shape index (κ2) is 8.85. The third kappa shape index (κ3) is 4.49. The molecule has 10 nitrogen and oxygen atoms in total. The van der Waals surface area contributed by atoms with Gasteiger partial charge in [0.05, 0.1) is 37.7 Å². The third-order valence-corrected chi connectivity index (χ3v) is 5.63. The van der Waals surface area contributed by atoms with Gasteiger partial charge in [0.1, 0.15) is 11.9 Å². The summed E-state index contributed by atoms with van der Waals surface area (Å²) < 4.78 is 10.4. The quantitative estimate of drug-likeness (QED) is 0.624. The Morgan fingerprint density at radius 1 is 1.19 bits per heavy atom. The molecule has 3 aromatic rings. The lowest BCUT2D eigenvalue weighted by Crippen LogP contribution is -2.30. The van der Waals surface area contributed by atoms with Gasteiger partial charge in [0.25, 0.3) is 0 Å². The number of benzene rings is 1. The van der Waals surface area contributed by atoms with Crippen molar-refractivity contribution in [2.75, 3.05) is 36.3 Å². The molecule has 1 aliphatic rings. The van der Waals surface area contributed by atoms with E-state index < -0.39 is 6.03 Å². The van der Waals surface area contributed by atoms with E-state index in [4.69, 9.17) is 14.7 Å². The molecule has 1 aliphatic heterocycles. The van der Waals surface area contributed by atoms with E-state index in [9.17, 15) is 4.79 Å². The Bertz CT molecular complexity index is 1140. The van der Waals surface area contributed by atoms with Crippen molar-refractivity contribution >= 4 is 34.0 Å². The highest BCUT2D eigenvalue weighted by Crippen LogP contribution is 2.31. The lowest BCUT2D eigenvalue weighted by molar-refractivity contribution is 0.262. The molecule has 0 aliphatic carbocycles. The Morgan fingerprint density at radius 2 is 2.03 bits per heavy atom. The molecule has 0 fully saturated rings. The molecule has 31 heavy (non-hydrogen) atoms. The number of thiazole rings is 1. The molecule has 158 valence electrons. The van der Waals surface area contributed by atoms with E-state index in [1.54, 1.807) is 37.4 Å². The molecular weight excluding hydrogens is 418 g/mol. The van der Waals surface area contributed by atoms with Crippen LogP contribution in [0.1, 0.15) is 16.1 Å². The zero-order valence-corrected chi connectivity index (χ0v) is 17.7. The van der Waals surface area contributed by atoms with Crippen LogP contribution in [0.5, 0.6) is 11.9 Å². The number of aromatic nitrogens is 3. The van der Waals surface area contributed by atoms with E-state index in [0.29, 0.717) is 47.6 Å². The zero-order chi connectivity index (χ0) is 21.8. The van der Waals surface area contributed by atoms with Crippen LogP contribution < -0.4 is 25.0 Å². The number of carbonyl (C=O) groups excluding carboxylic acids is 1. The minimum Gasteiger partial charge on any atom is -0.481 e. The van der Waals surface area contributed by atoms with E-state index in [2.05, 4.69) is 36.6 Å². The van der Waals surface area contributed by atoms with Crippen LogP contribution >= 0.6 is 11.3 Å². The van der Waals surface area contributed by atoms with Gasteiger partial charge in [-0.15, -0.1) is 0 Å². The van der Waals surface area contributed by atoms with E-state index in [-0.39, 0.29) is 6.01 Å². The number of para-hydroxylation sites is 1. The molecule has 0 saturated heterocycles. The molecule has 1 aromatic carbocycles. The number of nitriles is 1. The highest BCUT2D eigenvalue weighted by molar-refractivity contribution is 7.15. The average Bonchev–Trinajstić information content (AvgIpc) is 3.20. The molecule has 0 bridgehead atoms. The normalized spacial score (nSPS) is 12.5. The number of anilines is 3. The summed E-state index contributed by atoms with van der Waals surface area (Å²) in [4.78, 5) is 28.6. The number of nitrogens with one attached hydrogen (secondary N) is 2. The SMILES string of the molecule is COc1cc(N2CCc3nc(NC(=O)Nc4ccccc4C#N)sc3C2)nc(OC)n1. The Morgan fingerprint density at radius 3 is 2.81 bits per heavy atom. The standard InChI is InChI=1S/C20H19N7O3S/c1-29-17-9-16(24-19(25-17)30-2)27-8-7-14-15(11-27)31-20(23-14)26-18(28)22-13-6-4-3-5-12(13)10-21/h3-6,9H,7-8,11H2,1-2H3,(H2,22,23,26,28). The number of hydrogen-bond acceptors (Lipinski definition) is 9. The largest absolute Gasteiger partial charge is 0.481 e. The lowest BCUT2D eigenvalue weighted by Gasteiger charge is -2.27. The van der Waals surface area contributed by atoms with Gasteiger partial charge < -0.3 is 19.7 Å². The smallest absolute Gasteiger partial charge is 0.325 e. The molecule has 0 spiro atoms. The molecule has 4 rings (SSSR count). The Hall–Kier alpha value is -3.91. The summed E-state index contributed by atoms with van der Waals surface area (Å²) in [6.45, 7) is 1.30. The van der Waals surface area contributed by atoms with Gasteiger partial charge in [-0.25, -0.2) is 9.78 Å². The van der Waals surface area contributed by atoms with Crippen LogP contribution in [0.4, 0.5) is 21.4 Å². The Balaban J connectivity index is 1.46. The van der Waals surface area contributed by atoms with Gasteiger partial charge in [-0.1, -0.05) is 23.5 Å². The molecule has 0 saturated carbocycles. The number of rotatable bonds is 5. The number of ether oxygens (including phenoxy) is 2. The first-order valence-corrected chi connectivity index (χ1v) is 10.2. The fourth-order valence-electron chi connectivity index (χ4n) is 3.13. The Labute approximate surface area is 182 Å². The van der Waals surface area contributed by atoms with Crippen molar-refractivity contribution in [3.63, 3.8) is 0 Å². The van der Waals surface area contributed by atoms with Gasteiger partial charge in [0, 0.05) is 23.9 Å². The minimum atomic E-state index is -0.448. The summed E-state index contributed by atoms with van der Waals surface area (Å²) in [6.07, 6.45) is 0.709. The minimum absolute atomic E-state index is 0.237. The van der Waals surface area contributed by atoms with Crippen LogP contribution in [-0.4, -0.2) is 41.7 Å². The Kier molecular flexibility index (Phi) is 5.81. The zero-order valence-electron chi connectivity index (χ0n) is 16.9. The summed E-state index contributed by atoms with van der Waals surface area (Å²) in [5, 5.41) is 15.1. The van der Waals surface area contributed by atoms with Crippen LogP contribution in [0, 0.1) is 11.3 Å². The van der Waals surface area contributed by atoms with Gasteiger partial charge in [-0.2, -0.15) is 15.2 Å². The fourth-order valence-corrected chi connectivity index (χ4v) is 4.15. The molecule has 0 atom stereocenters. The van der Waals surface area contributed by atoms with Gasteiger partial charge in [-0.05, 0) is 12.1 Å². The van der Waals surface area contributed by atoms with Crippen molar-refractivity contribution in [2.45, 2.75) is 13.0 Å². The third-order valence-electron chi connectivity index (χ3n) is 4.63. The first-order valence-electron chi connectivity index (χ1n) is 9.37. The molecule has 0 unspecified atom stereocenters. The van der Waals surface area contributed by atoms with Crippen LogP contribution in [0.25, 0.3) is 0 Å². The summed E-state index contributed by atoms with van der Waals surface area (Å²) in [6, 6.07) is 10.4. The summed E-state index contributed by atoms with van der Waals surface area (Å²) in [5.74, 6) is 1.12. The number of amides is 2. The predicted octanol–water partition coefficient (Wildman–Crippen LogP) is 3.03. The first kappa shape index (κ1) is 20.4. The summed E-state index contributed by atoms with van der Waals surface area (Å²) >= 11 is 1.41. The van der Waals surface area contributed by atoms with Crippen molar-refractivity contribution in [1.82, 2.24) is 15.0 Å². The van der Waals surface area contributed by atoms with Crippen LogP contribution in [0.3, 0.4) is 0 Å². The van der Waals surface area contributed by atoms with Gasteiger partial charge >= 0.3 is 12.0 Å².